The summed E-state index contributed by atoms with van der Waals surface area (Å²) in [5, 5.41) is 0. The molecular formula is C10H11O2. The fourth-order valence-corrected chi connectivity index (χ4v) is 0.802. The lowest BCUT2D eigenvalue weighted by Crippen LogP contribution is -2.11. The van der Waals surface area contributed by atoms with Crippen molar-refractivity contribution in [2.75, 3.05) is 0 Å². The molecule has 0 bridgehead atoms. The fraction of sp³-hybridized carbons (Fsp3) is 0.300. The quantitative estimate of drug-likeness (QED) is 0.624. The molecule has 0 fully saturated rings. The van der Waals surface area contributed by atoms with Crippen molar-refractivity contribution in [2.24, 2.45) is 0 Å². The predicted octanol–water partition coefficient (Wildman–Crippen LogP) is 2.05. The highest BCUT2D eigenvalue weighted by atomic mass is 16.5. The molecule has 1 aromatic carbocycles. The van der Waals surface area contributed by atoms with E-state index in [-0.39, 0.29) is 12.1 Å². The van der Waals surface area contributed by atoms with Crippen molar-refractivity contribution >= 4 is 5.97 Å². The van der Waals surface area contributed by atoms with Crippen LogP contribution in [0.4, 0.5) is 0 Å². The van der Waals surface area contributed by atoms with Crippen LogP contribution in [-0.2, 0) is 4.74 Å². The highest BCUT2D eigenvalue weighted by Gasteiger charge is 2.06. The number of hydrogen-bond donors (Lipinski definition) is 0. The van der Waals surface area contributed by atoms with Crippen LogP contribution in [0.3, 0.4) is 0 Å². The first kappa shape index (κ1) is 8.78. The van der Waals surface area contributed by atoms with Crippen LogP contribution in [-0.4, -0.2) is 12.1 Å². The molecule has 2 nitrogen and oxygen atoms in total. The summed E-state index contributed by atoms with van der Waals surface area (Å²) < 4.78 is 4.98. The van der Waals surface area contributed by atoms with Crippen LogP contribution in [0.1, 0.15) is 24.2 Å². The van der Waals surface area contributed by atoms with Gasteiger partial charge in [-0.25, -0.2) is 4.79 Å². The van der Waals surface area contributed by atoms with Crippen LogP contribution >= 0.6 is 0 Å². The second kappa shape index (κ2) is 3.90. The minimum absolute atomic E-state index is 0.0716. The van der Waals surface area contributed by atoms with Gasteiger partial charge in [0.15, 0.2) is 0 Å². The summed E-state index contributed by atoms with van der Waals surface area (Å²) in [5.41, 5.74) is 0.547. The molecule has 2 heteroatoms. The molecule has 0 aliphatic rings. The van der Waals surface area contributed by atoms with Crippen molar-refractivity contribution in [1.29, 1.82) is 0 Å². The van der Waals surface area contributed by atoms with Crippen molar-refractivity contribution in [3.63, 3.8) is 0 Å². The zero-order chi connectivity index (χ0) is 8.97. The maximum Gasteiger partial charge on any atom is 0.338 e. The van der Waals surface area contributed by atoms with Crippen molar-refractivity contribution in [1.82, 2.24) is 0 Å². The van der Waals surface area contributed by atoms with Gasteiger partial charge in [0.2, 0.25) is 0 Å². The first-order valence-electron chi connectivity index (χ1n) is 3.87. The summed E-state index contributed by atoms with van der Waals surface area (Å²) in [5.74, 6) is -0.290. The highest BCUT2D eigenvalue weighted by Crippen LogP contribution is 2.02. The Morgan fingerprint density at radius 2 is 2.33 bits per heavy atom. The normalized spacial score (nSPS) is 9.92. The van der Waals surface area contributed by atoms with Crippen LogP contribution in [0.15, 0.2) is 24.3 Å². The zero-order valence-electron chi connectivity index (χ0n) is 7.20. The summed E-state index contributed by atoms with van der Waals surface area (Å²) in [6, 6.07) is 9.64. The van der Waals surface area contributed by atoms with Gasteiger partial charge in [-0.05, 0) is 32.0 Å². The monoisotopic (exact) mass is 163 g/mol. The number of benzene rings is 1. The molecule has 0 aliphatic heterocycles. The van der Waals surface area contributed by atoms with Crippen LogP contribution in [0, 0.1) is 6.07 Å². The Morgan fingerprint density at radius 3 is 2.83 bits per heavy atom. The molecule has 0 atom stereocenters. The van der Waals surface area contributed by atoms with Gasteiger partial charge in [0, 0.05) is 0 Å². The van der Waals surface area contributed by atoms with Crippen LogP contribution in [0.25, 0.3) is 0 Å². The Hall–Kier alpha value is -1.31. The average Bonchev–Trinajstić information content (AvgIpc) is 2.05. The third-order valence-corrected chi connectivity index (χ3v) is 1.29. The summed E-state index contributed by atoms with van der Waals surface area (Å²) in [6.45, 7) is 3.65. The van der Waals surface area contributed by atoms with Crippen molar-refractivity contribution in [3.05, 3.63) is 35.9 Å². The van der Waals surface area contributed by atoms with Crippen LogP contribution < -0.4 is 0 Å². The molecule has 1 rings (SSSR count). The summed E-state index contributed by atoms with van der Waals surface area (Å²) in [6.07, 6.45) is -0.0716. The van der Waals surface area contributed by atoms with Crippen LogP contribution in [0.2, 0.25) is 0 Å². The van der Waals surface area contributed by atoms with E-state index >= 15 is 0 Å². The summed E-state index contributed by atoms with van der Waals surface area (Å²) >= 11 is 0. The number of carbonyl (C=O) groups excluding carboxylic acids is 1. The third kappa shape index (κ3) is 2.38. The van der Waals surface area contributed by atoms with Gasteiger partial charge in [-0.15, -0.1) is 0 Å². The maximum absolute atomic E-state index is 11.2. The van der Waals surface area contributed by atoms with Gasteiger partial charge in [0.1, 0.15) is 0 Å². The van der Waals surface area contributed by atoms with E-state index in [1.54, 1.807) is 24.3 Å². The Balaban J connectivity index is 2.66. The molecule has 0 heterocycles. The SMILES string of the molecule is CC(C)OC(=O)c1c[c]ccc1. The van der Waals surface area contributed by atoms with E-state index in [9.17, 15) is 4.79 Å². The molecule has 0 aromatic heterocycles. The number of carbonyl (C=O) groups is 1. The smallest absolute Gasteiger partial charge is 0.338 e. The number of esters is 1. The second-order valence-corrected chi connectivity index (χ2v) is 2.75. The van der Waals surface area contributed by atoms with Gasteiger partial charge in [-0.1, -0.05) is 12.1 Å². The molecule has 0 aliphatic carbocycles. The first-order chi connectivity index (χ1) is 5.70. The van der Waals surface area contributed by atoms with E-state index in [1.807, 2.05) is 13.8 Å². The molecule has 63 valence electrons. The first-order valence-corrected chi connectivity index (χ1v) is 3.87. The topological polar surface area (TPSA) is 26.3 Å². The minimum atomic E-state index is -0.290. The van der Waals surface area contributed by atoms with E-state index in [0.29, 0.717) is 5.56 Å². The van der Waals surface area contributed by atoms with E-state index in [2.05, 4.69) is 6.07 Å². The maximum atomic E-state index is 11.2. The molecule has 1 aromatic rings. The summed E-state index contributed by atoms with van der Waals surface area (Å²) in [7, 11) is 0. The van der Waals surface area contributed by atoms with Gasteiger partial charge >= 0.3 is 5.97 Å². The zero-order valence-corrected chi connectivity index (χ0v) is 7.20. The molecule has 12 heavy (non-hydrogen) atoms. The number of hydrogen-bond acceptors (Lipinski definition) is 2. The molecule has 1 radical (unpaired) electrons. The Kier molecular flexibility index (Phi) is 2.86. The van der Waals surface area contributed by atoms with E-state index in [0.717, 1.165) is 0 Å². The predicted molar refractivity (Wildman–Crippen MR) is 45.8 cm³/mol. The average molecular weight is 163 g/mol. The van der Waals surface area contributed by atoms with Gasteiger partial charge in [0.25, 0.3) is 0 Å². The molecular weight excluding hydrogens is 152 g/mol. The number of ether oxygens (including phenoxy) is 1. The Morgan fingerprint density at radius 1 is 1.58 bits per heavy atom. The highest BCUT2D eigenvalue weighted by molar-refractivity contribution is 5.89. The largest absolute Gasteiger partial charge is 0.459 e. The van der Waals surface area contributed by atoms with Crippen molar-refractivity contribution in [2.45, 2.75) is 20.0 Å². The molecule has 0 N–H and O–H groups in total. The Labute approximate surface area is 72.2 Å². The lowest BCUT2D eigenvalue weighted by molar-refractivity contribution is 0.0378. The van der Waals surface area contributed by atoms with Gasteiger partial charge in [-0.2, -0.15) is 0 Å². The molecule has 0 amide bonds. The third-order valence-electron chi connectivity index (χ3n) is 1.29. The Bertz CT molecular complexity index is 252. The van der Waals surface area contributed by atoms with Gasteiger partial charge in [0.05, 0.1) is 11.7 Å². The van der Waals surface area contributed by atoms with Crippen LogP contribution in [0.5, 0.6) is 0 Å². The van der Waals surface area contributed by atoms with E-state index in [1.165, 1.54) is 0 Å². The van der Waals surface area contributed by atoms with Crippen molar-refractivity contribution in [3.8, 4) is 0 Å². The van der Waals surface area contributed by atoms with Gasteiger partial charge < -0.3 is 4.74 Å². The standard InChI is InChI=1S/C10H11O2/c1-8(2)12-10(11)9-6-4-3-5-7-9/h3-4,6-8H,1-2H3. The molecule has 0 saturated carbocycles. The van der Waals surface area contributed by atoms with Crippen molar-refractivity contribution < 1.29 is 9.53 Å². The lowest BCUT2D eigenvalue weighted by atomic mass is 10.2. The van der Waals surface area contributed by atoms with E-state index in [4.69, 9.17) is 4.74 Å². The lowest BCUT2D eigenvalue weighted by Gasteiger charge is -2.06. The molecule has 0 unspecified atom stereocenters. The second-order valence-electron chi connectivity index (χ2n) is 2.75. The fourth-order valence-electron chi connectivity index (χ4n) is 0.802. The molecule has 0 spiro atoms. The number of rotatable bonds is 2. The van der Waals surface area contributed by atoms with Gasteiger partial charge in [-0.3, -0.25) is 0 Å². The van der Waals surface area contributed by atoms with E-state index < -0.39 is 0 Å². The summed E-state index contributed by atoms with van der Waals surface area (Å²) in [4.78, 5) is 11.2. The minimum Gasteiger partial charge on any atom is -0.459 e. The molecule has 0 saturated heterocycles.